The van der Waals surface area contributed by atoms with Crippen LogP contribution in [0.2, 0.25) is 20.1 Å². The van der Waals surface area contributed by atoms with Gasteiger partial charge >= 0.3 is 0 Å². The number of anilines is 12. The Hall–Kier alpha value is -15.7. The monoisotopic (exact) mass is 1970 g/mol. The molecule has 0 amide bonds. The Morgan fingerprint density at radius 2 is 0.408 bits per heavy atom. The van der Waals surface area contributed by atoms with E-state index >= 15 is 0 Å². The Kier molecular flexibility index (Phi) is 25.8. The van der Waals surface area contributed by atoms with Crippen molar-refractivity contribution in [3.63, 3.8) is 0 Å². The first-order valence-corrected chi connectivity index (χ1v) is 51.8. The first kappa shape index (κ1) is 90.2. The fraction of sp³-hybridized carbons (Fsp3) is 0. The highest BCUT2D eigenvalue weighted by Crippen LogP contribution is 2.50. The molecule has 26 aromatic rings. The minimum absolute atomic E-state index is 0.745. The minimum atomic E-state index is 0.745. The maximum absolute atomic E-state index is 6.58. The molecule has 0 saturated heterocycles. The van der Waals surface area contributed by atoms with Crippen molar-refractivity contribution in [2.24, 2.45) is 0 Å². The minimum Gasteiger partial charge on any atom is -0.310 e. The number of halogens is 4. The summed E-state index contributed by atoms with van der Waals surface area (Å²) in [5, 5.41) is 15.7. The molecule has 0 saturated carbocycles. The van der Waals surface area contributed by atoms with E-state index < -0.39 is 0 Å². The van der Waals surface area contributed by atoms with Gasteiger partial charge in [0.15, 0.2) is 0 Å². The van der Waals surface area contributed by atoms with Gasteiger partial charge in [0.25, 0.3) is 0 Å². The van der Waals surface area contributed by atoms with Crippen molar-refractivity contribution >= 4 is 251 Å². The highest BCUT2D eigenvalue weighted by atomic mass is 35.5. The van der Waals surface area contributed by atoms with Gasteiger partial charge in [-0.15, -0.1) is 45.3 Å². The summed E-state index contributed by atoms with van der Waals surface area (Å²) in [5.74, 6) is 0. The second-order valence-electron chi connectivity index (χ2n) is 34.7. The highest BCUT2D eigenvalue weighted by Gasteiger charge is 2.23. The second kappa shape index (κ2) is 40.6. The molecule has 0 unspecified atom stereocenters. The molecule has 0 spiro atoms. The number of thiophene rings is 4. The second-order valence-corrected chi connectivity index (χ2v) is 40.8. The van der Waals surface area contributed by atoms with Gasteiger partial charge in [-0.1, -0.05) is 325 Å². The molecule has 0 fully saturated rings. The first-order chi connectivity index (χ1) is 70.0. The molecule has 26 rings (SSSR count). The third-order valence-electron chi connectivity index (χ3n) is 25.8. The van der Waals surface area contributed by atoms with E-state index in [0.29, 0.717) is 0 Å². The number of fused-ring (bicyclic) bond motifs is 13. The summed E-state index contributed by atoms with van der Waals surface area (Å²) in [6, 6.07) is 184. The molecule has 0 atom stereocenters. The van der Waals surface area contributed by atoms with Gasteiger partial charge in [-0.3, -0.25) is 0 Å². The van der Waals surface area contributed by atoms with Crippen molar-refractivity contribution in [2.45, 2.75) is 0 Å². The van der Waals surface area contributed by atoms with Crippen LogP contribution in [0.25, 0.3) is 147 Å². The predicted molar refractivity (Wildman–Crippen MR) is 621 cm³/mol. The molecule has 142 heavy (non-hydrogen) atoms. The lowest BCUT2D eigenvalue weighted by molar-refractivity contribution is 1.28. The number of para-hydroxylation sites is 8. The Morgan fingerprint density at radius 3 is 0.838 bits per heavy atom. The third kappa shape index (κ3) is 18.9. The first-order valence-electron chi connectivity index (χ1n) is 47.0. The maximum atomic E-state index is 6.58. The molecule has 4 aromatic heterocycles. The molecule has 0 N–H and O–H groups in total. The molecule has 22 aromatic carbocycles. The van der Waals surface area contributed by atoms with Gasteiger partial charge in [0, 0.05) is 169 Å². The molecular formula is C130H86Cl4N4S4. The smallest absolute Gasteiger partial charge is 0.0540 e. The van der Waals surface area contributed by atoms with E-state index in [0.717, 1.165) is 105 Å². The van der Waals surface area contributed by atoms with Crippen LogP contribution in [-0.2, 0) is 0 Å². The van der Waals surface area contributed by atoms with Crippen molar-refractivity contribution in [2.75, 3.05) is 19.6 Å². The summed E-state index contributed by atoms with van der Waals surface area (Å²) in [7, 11) is 0. The predicted octanol–water partition coefficient (Wildman–Crippen LogP) is 42.2. The van der Waals surface area contributed by atoms with Gasteiger partial charge in [-0.05, 0) is 304 Å². The van der Waals surface area contributed by atoms with Gasteiger partial charge in [-0.25, -0.2) is 0 Å². The molecule has 0 aliphatic carbocycles. The average Bonchev–Trinajstić information content (AvgIpc) is 1.48. The van der Waals surface area contributed by atoms with Crippen molar-refractivity contribution in [1.29, 1.82) is 0 Å². The maximum Gasteiger partial charge on any atom is 0.0540 e. The van der Waals surface area contributed by atoms with E-state index in [1.807, 2.05) is 59.1 Å². The molecule has 0 aliphatic heterocycles. The largest absolute Gasteiger partial charge is 0.310 e. The Balaban J connectivity index is 0.000000105. The molecule has 0 radical (unpaired) electrons. The molecule has 12 heteroatoms. The summed E-state index contributed by atoms with van der Waals surface area (Å²) in [5.41, 5.74) is 25.5. The fourth-order valence-corrected chi connectivity index (χ4v) is 24.5. The van der Waals surface area contributed by atoms with Crippen LogP contribution in [0.1, 0.15) is 0 Å². The topological polar surface area (TPSA) is 13.0 Å². The number of nitrogens with zero attached hydrogens (tertiary/aromatic N) is 4. The molecule has 0 aliphatic rings. The van der Waals surface area contributed by atoms with Crippen molar-refractivity contribution in [1.82, 2.24) is 0 Å². The number of hydrogen-bond acceptors (Lipinski definition) is 8. The van der Waals surface area contributed by atoms with E-state index in [1.165, 1.54) is 130 Å². The molecule has 4 heterocycles. The number of rotatable bonds is 17. The van der Waals surface area contributed by atoms with Crippen LogP contribution in [0.4, 0.5) is 68.2 Å². The lowest BCUT2D eigenvalue weighted by atomic mass is 9.95. The van der Waals surface area contributed by atoms with E-state index in [4.69, 9.17) is 46.4 Å². The van der Waals surface area contributed by atoms with E-state index in [-0.39, 0.29) is 0 Å². The normalized spacial score (nSPS) is 11.2. The van der Waals surface area contributed by atoms with Crippen LogP contribution >= 0.6 is 91.8 Å². The van der Waals surface area contributed by atoms with E-state index in [2.05, 4.69) is 505 Å². The molecule has 0 bridgehead atoms. The van der Waals surface area contributed by atoms with Crippen LogP contribution in [-0.4, -0.2) is 0 Å². The highest BCUT2D eigenvalue weighted by molar-refractivity contribution is 7.27. The van der Waals surface area contributed by atoms with Gasteiger partial charge < -0.3 is 19.6 Å². The van der Waals surface area contributed by atoms with Crippen molar-refractivity contribution in [3.8, 4) is 55.6 Å². The van der Waals surface area contributed by atoms with E-state index in [1.54, 1.807) is 22.7 Å². The van der Waals surface area contributed by atoms with Gasteiger partial charge in [0.1, 0.15) is 0 Å². The zero-order chi connectivity index (χ0) is 95.4. The summed E-state index contributed by atoms with van der Waals surface area (Å²) in [4.78, 5) is 9.26. The fourth-order valence-electron chi connectivity index (χ4n) is 19.2. The lowest BCUT2D eigenvalue weighted by Gasteiger charge is -2.27. The Morgan fingerprint density at radius 1 is 0.127 bits per heavy atom. The third-order valence-corrected chi connectivity index (χ3v) is 31.3. The van der Waals surface area contributed by atoms with Crippen LogP contribution in [0, 0.1) is 0 Å². The van der Waals surface area contributed by atoms with Gasteiger partial charge in [0.2, 0.25) is 0 Å². The molecule has 4 nitrogen and oxygen atoms in total. The van der Waals surface area contributed by atoms with Crippen molar-refractivity contribution < 1.29 is 0 Å². The average molecular weight is 1970 g/mol. The summed E-state index contributed by atoms with van der Waals surface area (Å²) < 4.78 is 10.1. The van der Waals surface area contributed by atoms with Crippen LogP contribution < -0.4 is 19.6 Å². The van der Waals surface area contributed by atoms with Gasteiger partial charge in [0.05, 0.1) is 5.69 Å². The summed E-state index contributed by atoms with van der Waals surface area (Å²) in [6.07, 6.45) is 0. The SMILES string of the molecule is Clc1cc(-c2ccccc2)cc(-c2ccc3c(c2)sc2ccc(N(c4ccccc4)c4ccccc4)cc23)c1.Clc1ccc(-c2ccc3c(c2)sc2ccc(N(c4ccccc4)c4ccccc4)cc23)cc1.Clc1ccc2c(c1)sc1ccc(-c3ccc(N(c4ccccc4)c4ccccc4)c4ccccc34)cc12.Clc1ccc2c(c1)sc1ccc(-c3cccc(N(c4ccccc4)c4ccccc4)c3)cc12. The van der Waals surface area contributed by atoms with Crippen LogP contribution in [0.5, 0.6) is 0 Å². The van der Waals surface area contributed by atoms with Crippen LogP contribution in [0.15, 0.2) is 522 Å². The van der Waals surface area contributed by atoms with E-state index in [9.17, 15) is 0 Å². The van der Waals surface area contributed by atoms with Gasteiger partial charge in [-0.2, -0.15) is 0 Å². The summed E-state index contributed by atoms with van der Waals surface area (Å²) >= 11 is 32.4. The zero-order valence-corrected chi connectivity index (χ0v) is 82.9. The number of hydrogen-bond donors (Lipinski definition) is 0. The zero-order valence-electron chi connectivity index (χ0n) is 76.6. The lowest BCUT2D eigenvalue weighted by Crippen LogP contribution is -2.10. The quantitative estimate of drug-likeness (QED) is 0.0901. The summed E-state index contributed by atoms with van der Waals surface area (Å²) in [6.45, 7) is 0. The standard InChI is InChI=1S/C36H24ClNS.C34H22ClNS.2C30H20ClNS/c37-29-21-27(25-10-4-1-5-11-25)20-28(22-29)26-16-18-33-34-24-32(17-19-35(34)39-36(33)23-26)38(30-12-6-2-7-13-30)31-14-8-3-9-15-31;35-24-16-17-30-31-21-23(15-20-33(31)37-34(30)22-24)27-18-19-32(29-14-8-7-13-28(27)29)36(25-9-3-1-4-10-25)26-11-5-2-6-12-26;31-23-15-16-27-28-19-22(14-17-29(28)33-30(27)20-23)21-8-7-13-26(18-21)32(24-9-3-1-4-10-24)25-11-5-2-6-12-25;31-23-14-11-21(12-15-23)22-13-17-27-28-20-26(16-18-29(28)33-30(27)19-22)32(24-7-3-1-4-8-24)25-9-5-2-6-10-25/h1-24H;1-22H;2*1-20H. The molecular weight excluding hydrogens is 1890 g/mol. The number of benzene rings is 22. The Labute approximate surface area is 860 Å². The van der Waals surface area contributed by atoms with Crippen molar-refractivity contribution in [3.05, 3.63) is 542 Å². The molecule has 678 valence electrons. The van der Waals surface area contributed by atoms with Crippen LogP contribution in [0.3, 0.4) is 0 Å². The Bertz CT molecular complexity index is 8870.